The number of benzene rings is 1. The lowest BCUT2D eigenvalue weighted by Gasteiger charge is -2.27. The van der Waals surface area contributed by atoms with Gasteiger partial charge in [-0.25, -0.2) is 0 Å². The number of nitrogens with two attached hydrogens (primary N) is 1. The van der Waals surface area contributed by atoms with E-state index in [-0.39, 0.29) is 0 Å². The van der Waals surface area contributed by atoms with E-state index in [0.717, 1.165) is 22.6 Å². The fourth-order valence-electron chi connectivity index (χ4n) is 3.09. The maximum absolute atomic E-state index is 5.88. The van der Waals surface area contributed by atoms with Gasteiger partial charge in [0.2, 0.25) is 5.89 Å². The lowest BCUT2D eigenvalue weighted by molar-refractivity contribution is 0.249. The fraction of sp³-hybridized carbons (Fsp3) is 0.500. The molecule has 2 unspecified atom stereocenters. The number of nitrogens with zero attached hydrogens (tertiary/aromatic N) is 2. The Balaban J connectivity index is 1.72. The van der Waals surface area contributed by atoms with Crippen molar-refractivity contribution in [3.8, 4) is 0 Å². The molecule has 4 nitrogen and oxygen atoms in total. The molecule has 0 bridgehead atoms. The van der Waals surface area contributed by atoms with E-state index in [1.807, 2.05) is 12.1 Å². The summed E-state index contributed by atoms with van der Waals surface area (Å²) in [6, 6.07) is 8.21. The highest BCUT2D eigenvalue weighted by Gasteiger charge is 2.29. The van der Waals surface area contributed by atoms with E-state index in [1.165, 1.54) is 24.8 Å². The van der Waals surface area contributed by atoms with Gasteiger partial charge in [0, 0.05) is 16.8 Å². The molecule has 0 aliphatic heterocycles. The molecule has 2 aromatic rings. The fourth-order valence-corrected chi connectivity index (χ4v) is 3.35. The Morgan fingerprint density at radius 1 is 1.19 bits per heavy atom. The van der Waals surface area contributed by atoms with Crippen LogP contribution in [-0.4, -0.2) is 16.7 Å². The van der Waals surface area contributed by atoms with Gasteiger partial charge in [-0.05, 0) is 43.0 Å². The van der Waals surface area contributed by atoms with Crippen molar-refractivity contribution in [2.75, 3.05) is 6.54 Å². The summed E-state index contributed by atoms with van der Waals surface area (Å²) in [4.78, 5) is 4.60. The van der Waals surface area contributed by atoms with Crippen molar-refractivity contribution < 1.29 is 4.52 Å². The molecule has 3 rings (SSSR count). The highest BCUT2D eigenvalue weighted by Crippen LogP contribution is 2.36. The number of hydrogen-bond donors (Lipinski definition) is 1. The van der Waals surface area contributed by atoms with Crippen LogP contribution >= 0.6 is 15.9 Å². The second-order valence-corrected chi connectivity index (χ2v) is 6.65. The van der Waals surface area contributed by atoms with Crippen molar-refractivity contribution in [3.05, 3.63) is 46.0 Å². The minimum absolute atomic E-state index is 0.343. The maximum Gasteiger partial charge on any atom is 0.230 e. The van der Waals surface area contributed by atoms with Crippen LogP contribution < -0.4 is 5.73 Å². The maximum atomic E-state index is 5.88. The Bertz CT molecular complexity index is 581. The third kappa shape index (κ3) is 3.52. The van der Waals surface area contributed by atoms with Gasteiger partial charge in [-0.2, -0.15) is 4.98 Å². The van der Waals surface area contributed by atoms with Crippen LogP contribution in [0, 0.1) is 5.92 Å². The van der Waals surface area contributed by atoms with Crippen LogP contribution in [0.3, 0.4) is 0 Å². The van der Waals surface area contributed by atoms with Crippen molar-refractivity contribution in [1.82, 2.24) is 10.1 Å². The molecule has 5 heteroatoms. The molecular formula is C16H20BrN3O. The first-order chi connectivity index (χ1) is 10.3. The first-order valence-corrected chi connectivity index (χ1v) is 8.32. The van der Waals surface area contributed by atoms with Crippen molar-refractivity contribution in [2.24, 2.45) is 11.7 Å². The van der Waals surface area contributed by atoms with Crippen LogP contribution in [0.2, 0.25) is 0 Å². The molecule has 2 atom stereocenters. The Hall–Kier alpha value is -1.20. The van der Waals surface area contributed by atoms with Gasteiger partial charge >= 0.3 is 0 Å². The molecule has 1 aliphatic carbocycles. The van der Waals surface area contributed by atoms with Gasteiger partial charge in [0.15, 0.2) is 5.82 Å². The largest absolute Gasteiger partial charge is 0.339 e. The van der Waals surface area contributed by atoms with Crippen LogP contribution in [-0.2, 0) is 6.42 Å². The molecule has 1 aromatic heterocycles. The molecule has 0 radical (unpaired) electrons. The number of aromatic nitrogens is 2. The summed E-state index contributed by atoms with van der Waals surface area (Å²) in [5.74, 6) is 2.36. The van der Waals surface area contributed by atoms with Gasteiger partial charge in [-0.15, -0.1) is 0 Å². The molecule has 0 spiro atoms. The van der Waals surface area contributed by atoms with Crippen LogP contribution in [0.1, 0.15) is 48.9 Å². The minimum atomic E-state index is 0.343. The molecule has 1 heterocycles. The average molecular weight is 350 g/mol. The van der Waals surface area contributed by atoms with E-state index in [0.29, 0.717) is 24.8 Å². The van der Waals surface area contributed by atoms with Crippen molar-refractivity contribution in [2.45, 2.75) is 38.0 Å². The Kier molecular flexibility index (Phi) is 4.70. The summed E-state index contributed by atoms with van der Waals surface area (Å²) >= 11 is 3.44. The Labute approximate surface area is 133 Å². The quantitative estimate of drug-likeness (QED) is 0.914. The second-order valence-electron chi connectivity index (χ2n) is 5.74. The van der Waals surface area contributed by atoms with Crippen LogP contribution in [0.25, 0.3) is 0 Å². The van der Waals surface area contributed by atoms with E-state index in [1.54, 1.807) is 0 Å². The number of rotatable bonds is 4. The zero-order valence-corrected chi connectivity index (χ0v) is 13.6. The number of hydrogen-bond acceptors (Lipinski definition) is 4. The summed E-state index contributed by atoms with van der Waals surface area (Å²) in [6.45, 7) is 0.703. The lowest BCUT2D eigenvalue weighted by Crippen LogP contribution is -2.25. The van der Waals surface area contributed by atoms with E-state index in [2.05, 4.69) is 38.2 Å². The van der Waals surface area contributed by atoms with Crippen LogP contribution in [0.4, 0.5) is 0 Å². The minimum Gasteiger partial charge on any atom is -0.339 e. The van der Waals surface area contributed by atoms with E-state index < -0.39 is 0 Å². The standard InChI is InChI=1S/C16H20BrN3O/c17-13-7-5-11(6-8-13)9-15-19-16(21-20-15)14-4-2-1-3-12(14)10-18/h5-8,12,14H,1-4,9-10,18H2. The summed E-state index contributed by atoms with van der Waals surface area (Å²) in [5, 5.41) is 4.14. The Morgan fingerprint density at radius 2 is 1.95 bits per heavy atom. The molecule has 2 N–H and O–H groups in total. The lowest BCUT2D eigenvalue weighted by atomic mass is 9.79. The summed E-state index contributed by atoms with van der Waals surface area (Å²) in [7, 11) is 0. The van der Waals surface area contributed by atoms with Crippen LogP contribution in [0.15, 0.2) is 33.3 Å². The first kappa shape index (κ1) is 14.7. The molecule has 1 aromatic carbocycles. The molecule has 0 amide bonds. The second kappa shape index (κ2) is 6.71. The topological polar surface area (TPSA) is 64.9 Å². The molecule has 1 saturated carbocycles. The first-order valence-electron chi connectivity index (χ1n) is 7.53. The van der Waals surface area contributed by atoms with Gasteiger partial charge in [-0.3, -0.25) is 0 Å². The molecule has 1 aliphatic rings. The zero-order valence-electron chi connectivity index (χ0n) is 12.0. The van der Waals surface area contributed by atoms with E-state index in [9.17, 15) is 0 Å². The van der Waals surface area contributed by atoms with Gasteiger partial charge in [0.1, 0.15) is 0 Å². The third-order valence-electron chi connectivity index (χ3n) is 4.29. The van der Waals surface area contributed by atoms with Crippen molar-refractivity contribution in [1.29, 1.82) is 0 Å². The summed E-state index contributed by atoms with van der Waals surface area (Å²) in [5.41, 5.74) is 7.07. The molecule has 21 heavy (non-hydrogen) atoms. The molecule has 0 saturated heterocycles. The van der Waals surface area contributed by atoms with Gasteiger partial charge < -0.3 is 10.3 Å². The normalized spacial score (nSPS) is 22.4. The highest BCUT2D eigenvalue weighted by atomic mass is 79.9. The third-order valence-corrected chi connectivity index (χ3v) is 4.82. The van der Waals surface area contributed by atoms with Crippen molar-refractivity contribution in [3.63, 3.8) is 0 Å². The molecule has 112 valence electrons. The number of halogens is 1. The van der Waals surface area contributed by atoms with Crippen molar-refractivity contribution >= 4 is 15.9 Å². The highest BCUT2D eigenvalue weighted by molar-refractivity contribution is 9.10. The Morgan fingerprint density at radius 3 is 2.71 bits per heavy atom. The summed E-state index contributed by atoms with van der Waals surface area (Å²) in [6.07, 6.45) is 5.48. The van der Waals surface area contributed by atoms with E-state index in [4.69, 9.17) is 10.3 Å². The monoisotopic (exact) mass is 349 g/mol. The molecular weight excluding hydrogens is 330 g/mol. The SMILES string of the molecule is NCC1CCCCC1c1nc(Cc2ccc(Br)cc2)no1. The van der Waals surface area contributed by atoms with Crippen LogP contribution in [0.5, 0.6) is 0 Å². The average Bonchev–Trinajstić information content (AvgIpc) is 2.98. The molecule has 1 fully saturated rings. The zero-order chi connectivity index (χ0) is 14.7. The predicted molar refractivity (Wildman–Crippen MR) is 85.0 cm³/mol. The van der Waals surface area contributed by atoms with Gasteiger partial charge in [-0.1, -0.05) is 46.1 Å². The van der Waals surface area contributed by atoms with Gasteiger partial charge in [0.05, 0.1) is 0 Å². The summed E-state index contributed by atoms with van der Waals surface area (Å²) < 4.78 is 6.58. The van der Waals surface area contributed by atoms with E-state index >= 15 is 0 Å². The van der Waals surface area contributed by atoms with Gasteiger partial charge in [0.25, 0.3) is 0 Å². The predicted octanol–water partition coefficient (Wildman–Crippen LogP) is 3.66. The smallest absolute Gasteiger partial charge is 0.230 e.